The summed E-state index contributed by atoms with van der Waals surface area (Å²) in [6, 6.07) is 5.88. The lowest BCUT2D eigenvalue weighted by atomic mass is 9.81. The molecule has 1 rings (SSSR count). The van der Waals surface area contributed by atoms with Crippen LogP contribution < -0.4 is 4.74 Å². The second-order valence-electron chi connectivity index (χ2n) is 6.74. The standard InChI is InChI=1S/C16H24O2/c1-15(2,3)11-8-9-13(18-7)12(10-11)14(17)16(4,5)6/h8-10H,1-7H3. The largest absolute Gasteiger partial charge is 0.496 e. The van der Waals surface area contributed by atoms with Crippen molar-refractivity contribution in [1.82, 2.24) is 0 Å². The maximum absolute atomic E-state index is 12.4. The van der Waals surface area contributed by atoms with Crippen LogP contribution in [0, 0.1) is 5.41 Å². The van der Waals surface area contributed by atoms with Gasteiger partial charge in [0.1, 0.15) is 5.75 Å². The molecule has 0 aliphatic carbocycles. The molecule has 0 heterocycles. The minimum absolute atomic E-state index is 0.0270. The Labute approximate surface area is 110 Å². The van der Waals surface area contributed by atoms with Crippen molar-refractivity contribution in [1.29, 1.82) is 0 Å². The number of benzene rings is 1. The van der Waals surface area contributed by atoms with Crippen LogP contribution >= 0.6 is 0 Å². The number of ether oxygens (including phenoxy) is 1. The molecule has 18 heavy (non-hydrogen) atoms. The van der Waals surface area contributed by atoms with Gasteiger partial charge in [-0.15, -0.1) is 0 Å². The number of hydrogen-bond acceptors (Lipinski definition) is 2. The number of rotatable bonds is 2. The van der Waals surface area contributed by atoms with E-state index in [0.717, 1.165) is 5.56 Å². The third-order valence-electron chi connectivity index (χ3n) is 2.99. The quantitative estimate of drug-likeness (QED) is 0.732. The monoisotopic (exact) mass is 248 g/mol. The lowest BCUT2D eigenvalue weighted by Gasteiger charge is -2.23. The van der Waals surface area contributed by atoms with Crippen LogP contribution in [0.5, 0.6) is 5.75 Å². The SMILES string of the molecule is COc1ccc(C(C)(C)C)cc1C(=O)C(C)(C)C. The van der Waals surface area contributed by atoms with Gasteiger partial charge >= 0.3 is 0 Å². The lowest BCUT2D eigenvalue weighted by Crippen LogP contribution is -2.22. The molecular formula is C16H24O2. The van der Waals surface area contributed by atoms with Crippen molar-refractivity contribution < 1.29 is 9.53 Å². The Morgan fingerprint density at radius 3 is 2.00 bits per heavy atom. The summed E-state index contributed by atoms with van der Waals surface area (Å²) in [6.07, 6.45) is 0. The fourth-order valence-electron chi connectivity index (χ4n) is 1.76. The average molecular weight is 248 g/mol. The molecule has 2 heteroatoms. The maximum Gasteiger partial charge on any atom is 0.171 e. The van der Waals surface area contributed by atoms with Gasteiger partial charge in [-0.2, -0.15) is 0 Å². The summed E-state index contributed by atoms with van der Waals surface area (Å²) < 4.78 is 5.31. The van der Waals surface area contributed by atoms with E-state index in [-0.39, 0.29) is 11.2 Å². The number of carbonyl (C=O) groups is 1. The molecule has 0 saturated carbocycles. The molecule has 1 aromatic carbocycles. The molecule has 0 amide bonds. The van der Waals surface area contributed by atoms with Crippen LogP contribution in [-0.2, 0) is 5.41 Å². The normalized spacial score (nSPS) is 12.4. The zero-order chi connectivity index (χ0) is 14.1. The summed E-state index contributed by atoms with van der Waals surface area (Å²) in [5.74, 6) is 0.772. The van der Waals surface area contributed by atoms with E-state index in [4.69, 9.17) is 4.74 Å². The molecule has 0 unspecified atom stereocenters. The Morgan fingerprint density at radius 1 is 1.06 bits per heavy atom. The van der Waals surface area contributed by atoms with Crippen LogP contribution in [0.15, 0.2) is 18.2 Å². The van der Waals surface area contributed by atoms with Gasteiger partial charge in [-0.3, -0.25) is 4.79 Å². The van der Waals surface area contributed by atoms with Gasteiger partial charge in [-0.1, -0.05) is 47.6 Å². The van der Waals surface area contributed by atoms with E-state index in [0.29, 0.717) is 11.3 Å². The topological polar surface area (TPSA) is 26.3 Å². The molecule has 1 aromatic rings. The highest BCUT2D eigenvalue weighted by Crippen LogP contribution is 2.32. The summed E-state index contributed by atoms with van der Waals surface area (Å²) in [5, 5.41) is 0. The van der Waals surface area contributed by atoms with Gasteiger partial charge in [0.15, 0.2) is 5.78 Å². The van der Waals surface area contributed by atoms with Crippen LogP contribution in [0.25, 0.3) is 0 Å². The highest BCUT2D eigenvalue weighted by molar-refractivity contribution is 6.02. The van der Waals surface area contributed by atoms with E-state index in [2.05, 4.69) is 20.8 Å². The molecule has 0 atom stereocenters. The predicted molar refractivity (Wildman–Crippen MR) is 75.5 cm³/mol. The molecule has 0 aliphatic rings. The minimum Gasteiger partial charge on any atom is -0.496 e. The molecule has 0 aromatic heterocycles. The highest BCUT2D eigenvalue weighted by atomic mass is 16.5. The van der Waals surface area contributed by atoms with Crippen molar-refractivity contribution in [2.45, 2.75) is 47.0 Å². The van der Waals surface area contributed by atoms with Gasteiger partial charge in [0.05, 0.1) is 12.7 Å². The number of hydrogen-bond donors (Lipinski definition) is 0. The Hall–Kier alpha value is -1.31. The Morgan fingerprint density at radius 2 is 1.61 bits per heavy atom. The van der Waals surface area contributed by atoms with Crippen molar-refractivity contribution in [3.63, 3.8) is 0 Å². The van der Waals surface area contributed by atoms with E-state index in [1.807, 2.05) is 39.0 Å². The van der Waals surface area contributed by atoms with Crippen LogP contribution in [0.4, 0.5) is 0 Å². The fourth-order valence-corrected chi connectivity index (χ4v) is 1.76. The van der Waals surface area contributed by atoms with E-state index < -0.39 is 5.41 Å². The molecule has 0 fully saturated rings. The van der Waals surface area contributed by atoms with Gasteiger partial charge in [0.2, 0.25) is 0 Å². The Balaban J connectivity index is 3.36. The number of methoxy groups -OCH3 is 1. The molecule has 0 spiro atoms. The van der Waals surface area contributed by atoms with Crippen LogP contribution in [0.3, 0.4) is 0 Å². The maximum atomic E-state index is 12.4. The van der Waals surface area contributed by atoms with Crippen molar-refractivity contribution in [3.05, 3.63) is 29.3 Å². The molecule has 0 saturated heterocycles. The molecule has 0 N–H and O–H groups in total. The first-order chi connectivity index (χ1) is 8.07. The third-order valence-corrected chi connectivity index (χ3v) is 2.99. The fraction of sp³-hybridized carbons (Fsp3) is 0.562. The molecule has 2 nitrogen and oxygen atoms in total. The van der Waals surface area contributed by atoms with Crippen LogP contribution in [-0.4, -0.2) is 12.9 Å². The molecule has 0 radical (unpaired) electrons. The average Bonchev–Trinajstić information content (AvgIpc) is 2.24. The molecule has 100 valence electrons. The minimum atomic E-state index is -0.399. The number of Topliss-reactive ketones (excluding diaryl/α,β-unsaturated/α-hetero) is 1. The van der Waals surface area contributed by atoms with E-state index >= 15 is 0 Å². The molecular weight excluding hydrogens is 224 g/mol. The van der Waals surface area contributed by atoms with Gasteiger partial charge < -0.3 is 4.74 Å². The van der Waals surface area contributed by atoms with Gasteiger partial charge in [-0.25, -0.2) is 0 Å². The van der Waals surface area contributed by atoms with Gasteiger partial charge in [0.25, 0.3) is 0 Å². The van der Waals surface area contributed by atoms with E-state index in [9.17, 15) is 4.79 Å². The summed E-state index contributed by atoms with van der Waals surface area (Å²) in [6.45, 7) is 12.2. The lowest BCUT2D eigenvalue weighted by molar-refractivity contribution is 0.0855. The number of ketones is 1. The Bertz CT molecular complexity index is 445. The number of carbonyl (C=O) groups excluding carboxylic acids is 1. The summed E-state index contributed by atoms with van der Waals surface area (Å²) in [4.78, 5) is 12.4. The van der Waals surface area contributed by atoms with Crippen molar-refractivity contribution in [3.8, 4) is 5.75 Å². The van der Waals surface area contributed by atoms with E-state index in [1.165, 1.54) is 0 Å². The molecule has 0 bridgehead atoms. The summed E-state index contributed by atoms with van der Waals surface area (Å²) in [5.41, 5.74) is 1.46. The van der Waals surface area contributed by atoms with Crippen LogP contribution in [0.1, 0.15) is 57.5 Å². The first-order valence-corrected chi connectivity index (χ1v) is 6.30. The van der Waals surface area contributed by atoms with Crippen molar-refractivity contribution >= 4 is 5.78 Å². The second kappa shape index (κ2) is 4.75. The third kappa shape index (κ3) is 3.12. The predicted octanol–water partition coefficient (Wildman–Crippen LogP) is 4.22. The zero-order valence-electron chi connectivity index (χ0n) is 12.5. The van der Waals surface area contributed by atoms with Gasteiger partial charge in [-0.05, 0) is 23.1 Å². The van der Waals surface area contributed by atoms with E-state index in [1.54, 1.807) is 7.11 Å². The molecule has 0 aliphatic heterocycles. The summed E-state index contributed by atoms with van der Waals surface area (Å²) >= 11 is 0. The van der Waals surface area contributed by atoms with Gasteiger partial charge in [0, 0.05) is 5.41 Å². The van der Waals surface area contributed by atoms with Crippen molar-refractivity contribution in [2.75, 3.05) is 7.11 Å². The second-order valence-corrected chi connectivity index (χ2v) is 6.74. The highest BCUT2D eigenvalue weighted by Gasteiger charge is 2.27. The van der Waals surface area contributed by atoms with Crippen LogP contribution in [0.2, 0.25) is 0 Å². The smallest absolute Gasteiger partial charge is 0.171 e. The Kier molecular flexibility index (Phi) is 3.89. The summed E-state index contributed by atoms with van der Waals surface area (Å²) in [7, 11) is 1.60. The first kappa shape index (κ1) is 14.7. The van der Waals surface area contributed by atoms with Crippen molar-refractivity contribution in [2.24, 2.45) is 5.41 Å². The zero-order valence-corrected chi connectivity index (χ0v) is 12.5. The first-order valence-electron chi connectivity index (χ1n) is 6.30.